The van der Waals surface area contributed by atoms with Gasteiger partial charge in [0.05, 0.1) is 17.3 Å². The molecular weight excluding hydrogens is 244 g/mol. The van der Waals surface area contributed by atoms with E-state index in [0.717, 1.165) is 38.5 Å². The minimum atomic E-state index is -0.947. The normalized spacial score (nSPS) is 29.4. The zero-order chi connectivity index (χ0) is 13.4. The lowest BCUT2D eigenvalue weighted by Gasteiger charge is -2.46. The van der Waals surface area contributed by atoms with Gasteiger partial charge in [-0.15, -0.1) is 0 Å². The number of aryl methyl sites for hydroxylation is 1. The molecule has 3 fully saturated rings. The van der Waals surface area contributed by atoms with Gasteiger partial charge in [-0.05, 0) is 6.42 Å². The number of rotatable bonds is 3. The third-order valence-corrected chi connectivity index (χ3v) is 4.03. The van der Waals surface area contributed by atoms with E-state index in [1.54, 1.807) is 0 Å². The van der Waals surface area contributed by atoms with Crippen molar-refractivity contribution in [3.05, 3.63) is 23.3 Å². The molecule has 1 aromatic rings. The molecule has 6 nitrogen and oxygen atoms in total. The van der Waals surface area contributed by atoms with E-state index in [0.29, 0.717) is 12.1 Å². The van der Waals surface area contributed by atoms with Crippen molar-refractivity contribution < 1.29 is 9.90 Å². The largest absolute Gasteiger partial charge is 0.478 e. The molecule has 102 valence electrons. The standard InChI is InChI=1S/C13H18N4O2/c1-2-10-9(13(18)19)7-14-12(15-10)11-8-16-3-5-17(11)6-4-16/h7,11H,2-6,8H2,1H3,(H,18,19). The van der Waals surface area contributed by atoms with Crippen molar-refractivity contribution in [2.75, 3.05) is 32.7 Å². The van der Waals surface area contributed by atoms with Gasteiger partial charge in [-0.3, -0.25) is 9.80 Å². The number of carboxylic acid groups (broad SMARTS) is 1. The Morgan fingerprint density at radius 2 is 2.16 bits per heavy atom. The van der Waals surface area contributed by atoms with E-state index in [-0.39, 0.29) is 11.6 Å². The van der Waals surface area contributed by atoms with Gasteiger partial charge < -0.3 is 5.11 Å². The molecule has 0 radical (unpaired) electrons. The van der Waals surface area contributed by atoms with E-state index < -0.39 is 5.97 Å². The van der Waals surface area contributed by atoms with Gasteiger partial charge in [0.15, 0.2) is 0 Å². The van der Waals surface area contributed by atoms with Gasteiger partial charge in [0.25, 0.3) is 0 Å². The number of carbonyl (C=O) groups is 1. The third-order valence-electron chi connectivity index (χ3n) is 4.03. The highest BCUT2D eigenvalue weighted by molar-refractivity contribution is 5.88. The Morgan fingerprint density at radius 3 is 2.68 bits per heavy atom. The first kappa shape index (κ1) is 12.5. The third kappa shape index (κ3) is 2.21. The maximum atomic E-state index is 11.1. The van der Waals surface area contributed by atoms with Crippen molar-refractivity contribution >= 4 is 5.97 Å². The second-order valence-corrected chi connectivity index (χ2v) is 5.10. The van der Waals surface area contributed by atoms with Crippen molar-refractivity contribution in [2.45, 2.75) is 19.4 Å². The number of aromatic nitrogens is 2. The quantitative estimate of drug-likeness (QED) is 0.851. The monoisotopic (exact) mass is 262 g/mol. The minimum absolute atomic E-state index is 0.218. The van der Waals surface area contributed by atoms with Gasteiger partial charge >= 0.3 is 5.97 Å². The van der Waals surface area contributed by atoms with Crippen molar-refractivity contribution in [1.29, 1.82) is 0 Å². The summed E-state index contributed by atoms with van der Waals surface area (Å²) in [5.41, 5.74) is 0.859. The summed E-state index contributed by atoms with van der Waals surface area (Å²) >= 11 is 0. The molecule has 1 atom stereocenters. The molecule has 0 aromatic carbocycles. The summed E-state index contributed by atoms with van der Waals surface area (Å²) in [6.45, 7) is 7.21. The highest BCUT2D eigenvalue weighted by atomic mass is 16.4. The highest BCUT2D eigenvalue weighted by Crippen LogP contribution is 2.26. The second-order valence-electron chi connectivity index (χ2n) is 5.10. The van der Waals surface area contributed by atoms with Crippen LogP contribution in [0.2, 0.25) is 0 Å². The maximum Gasteiger partial charge on any atom is 0.339 e. The van der Waals surface area contributed by atoms with Gasteiger partial charge in [0.1, 0.15) is 5.82 Å². The summed E-state index contributed by atoms with van der Waals surface area (Å²) in [6.07, 6.45) is 2.08. The van der Waals surface area contributed by atoms with E-state index in [9.17, 15) is 4.79 Å². The molecule has 3 saturated heterocycles. The average molecular weight is 262 g/mol. The van der Waals surface area contributed by atoms with Crippen LogP contribution < -0.4 is 0 Å². The Morgan fingerprint density at radius 1 is 1.42 bits per heavy atom. The van der Waals surface area contributed by atoms with Crippen molar-refractivity contribution in [3.8, 4) is 0 Å². The van der Waals surface area contributed by atoms with E-state index in [4.69, 9.17) is 5.11 Å². The van der Waals surface area contributed by atoms with Crippen LogP contribution in [0.15, 0.2) is 6.20 Å². The predicted molar refractivity (Wildman–Crippen MR) is 69.1 cm³/mol. The molecule has 1 aromatic heterocycles. The highest BCUT2D eigenvalue weighted by Gasteiger charge is 2.34. The minimum Gasteiger partial charge on any atom is -0.478 e. The lowest BCUT2D eigenvalue weighted by atomic mass is 10.1. The molecular formula is C13H18N4O2. The van der Waals surface area contributed by atoms with Crippen molar-refractivity contribution in [3.63, 3.8) is 0 Å². The molecule has 0 amide bonds. The van der Waals surface area contributed by atoms with Crippen LogP contribution in [0.5, 0.6) is 0 Å². The number of hydrogen-bond donors (Lipinski definition) is 1. The van der Waals surface area contributed by atoms with Gasteiger partial charge in [0.2, 0.25) is 0 Å². The molecule has 19 heavy (non-hydrogen) atoms. The smallest absolute Gasteiger partial charge is 0.339 e. The SMILES string of the molecule is CCc1nc(C2CN3CCN2CC3)ncc1C(=O)O. The summed E-state index contributed by atoms with van der Waals surface area (Å²) in [4.78, 5) is 24.7. The molecule has 1 unspecified atom stereocenters. The Labute approximate surface area is 112 Å². The number of hydrogen-bond acceptors (Lipinski definition) is 5. The number of aromatic carboxylic acids is 1. The molecule has 3 aliphatic heterocycles. The maximum absolute atomic E-state index is 11.1. The fourth-order valence-corrected chi connectivity index (χ4v) is 2.90. The van der Waals surface area contributed by atoms with Crippen LogP contribution >= 0.6 is 0 Å². The number of nitrogens with zero attached hydrogens (tertiary/aromatic N) is 4. The molecule has 4 rings (SSSR count). The molecule has 0 aliphatic carbocycles. The summed E-state index contributed by atoms with van der Waals surface area (Å²) in [7, 11) is 0. The van der Waals surface area contributed by atoms with Crippen LogP contribution in [-0.4, -0.2) is 63.6 Å². The molecule has 3 aliphatic rings. The molecule has 0 saturated carbocycles. The predicted octanol–water partition coefficient (Wildman–Crippen LogP) is 0.409. The second kappa shape index (κ2) is 4.86. The van der Waals surface area contributed by atoms with Crippen LogP contribution in [0.1, 0.15) is 34.8 Å². The first-order valence-electron chi connectivity index (χ1n) is 6.74. The zero-order valence-corrected chi connectivity index (χ0v) is 11.0. The zero-order valence-electron chi connectivity index (χ0n) is 11.0. The average Bonchev–Trinajstić information content (AvgIpc) is 2.47. The summed E-state index contributed by atoms with van der Waals surface area (Å²) < 4.78 is 0. The van der Waals surface area contributed by atoms with E-state index in [1.165, 1.54) is 6.20 Å². The van der Waals surface area contributed by atoms with E-state index in [2.05, 4.69) is 19.8 Å². The van der Waals surface area contributed by atoms with Gasteiger partial charge in [-0.25, -0.2) is 14.8 Å². The topological polar surface area (TPSA) is 69.6 Å². The molecule has 6 heteroatoms. The Balaban J connectivity index is 1.91. The number of fused-ring (bicyclic) bond motifs is 3. The molecule has 2 bridgehead atoms. The van der Waals surface area contributed by atoms with Crippen LogP contribution in [0.3, 0.4) is 0 Å². The van der Waals surface area contributed by atoms with Gasteiger partial charge in [-0.2, -0.15) is 0 Å². The van der Waals surface area contributed by atoms with Crippen LogP contribution in [0.4, 0.5) is 0 Å². The first-order valence-corrected chi connectivity index (χ1v) is 6.74. The lowest BCUT2D eigenvalue weighted by Crippen LogP contribution is -2.57. The molecule has 4 heterocycles. The van der Waals surface area contributed by atoms with Gasteiger partial charge in [-0.1, -0.05) is 6.92 Å². The summed E-state index contributed by atoms with van der Waals surface area (Å²) in [6, 6.07) is 0.218. The van der Waals surface area contributed by atoms with Crippen LogP contribution in [0, 0.1) is 0 Å². The first-order chi connectivity index (χ1) is 9.19. The molecule has 0 spiro atoms. The fourth-order valence-electron chi connectivity index (χ4n) is 2.90. The van der Waals surface area contributed by atoms with E-state index >= 15 is 0 Å². The fraction of sp³-hybridized carbons (Fsp3) is 0.615. The van der Waals surface area contributed by atoms with Crippen molar-refractivity contribution in [1.82, 2.24) is 19.8 Å². The van der Waals surface area contributed by atoms with Gasteiger partial charge in [0, 0.05) is 38.9 Å². The Hall–Kier alpha value is -1.53. The Bertz CT molecular complexity index is 497. The van der Waals surface area contributed by atoms with Crippen molar-refractivity contribution in [2.24, 2.45) is 0 Å². The molecule has 1 N–H and O–H groups in total. The lowest BCUT2D eigenvalue weighted by molar-refractivity contribution is 0.00852. The van der Waals surface area contributed by atoms with E-state index in [1.807, 2.05) is 6.92 Å². The summed E-state index contributed by atoms with van der Waals surface area (Å²) in [5.74, 6) is -0.177. The van der Waals surface area contributed by atoms with Crippen LogP contribution in [-0.2, 0) is 6.42 Å². The number of piperazine rings is 3. The summed E-state index contributed by atoms with van der Waals surface area (Å²) in [5, 5.41) is 9.10. The number of carboxylic acids is 1. The Kier molecular flexibility index (Phi) is 3.20. The van der Waals surface area contributed by atoms with Crippen LogP contribution in [0.25, 0.3) is 0 Å².